The van der Waals surface area contributed by atoms with Gasteiger partial charge >= 0.3 is 0 Å². The number of carbonyl (C=O) groups is 3. The normalized spacial score (nSPS) is 16.1. The highest BCUT2D eigenvalue weighted by molar-refractivity contribution is 7.94. The number of likely N-dealkylation sites (tertiary alicyclic amines) is 1. The third-order valence-corrected chi connectivity index (χ3v) is 11.3. The van der Waals surface area contributed by atoms with Gasteiger partial charge in [-0.3, -0.25) is 14.4 Å². The number of hydrogen-bond donors (Lipinski definition) is 1. The maximum absolute atomic E-state index is 13.3. The molecule has 216 valence electrons. The van der Waals surface area contributed by atoms with Crippen molar-refractivity contribution in [3.8, 4) is 0 Å². The molecular formula is C29H29Cl2N3O5S2. The lowest BCUT2D eigenvalue weighted by Gasteiger charge is -2.28. The maximum Gasteiger partial charge on any atom is 0.265 e. The van der Waals surface area contributed by atoms with Crippen LogP contribution in [0.15, 0.2) is 52.7 Å². The van der Waals surface area contributed by atoms with Gasteiger partial charge in [0.15, 0.2) is 15.6 Å². The molecule has 41 heavy (non-hydrogen) atoms. The van der Waals surface area contributed by atoms with Crippen LogP contribution in [0.3, 0.4) is 0 Å². The second-order valence-corrected chi connectivity index (χ2v) is 14.5. The zero-order valence-electron chi connectivity index (χ0n) is 22.2. The molecule has 0 aliphatic carbocycles. The number of amides is 2. The number of imide groups is 1. The van der Waals surface area contributed by atoms with Crippen molar-refractivity contribution in [3.63, 3.8) is 0 Å². The molecule has 3 heterocycles. The van der Waals surface area contributed by atoms with Crippen molar-refractivity contribution in [1.29, 1.82) is 0 Å². The minimum Gasteiger partial charge on any atom is -0.384 e. The van der Waals surface area contributed by atoms with E-state index in [0.717, 1.165) is 48.1 Å². The van der Waals surface area contributed by atoms with Crippen LogP contribution in [0.2, 0.25) is 9.36 Å². The summed E-state index contributed by atoms with van der Waals surface area (Å²) in [7, 11) is -3.87. The number of nitrogens with zero attached hydrogens (tertiary/aromatic N) is 2. The van der Waals surface area contributed by atoms with Crippen molar-refractivity contribution >= 4 is 73.3 Å². The Balaban J connectivity index is 1.20. The van der Waals surface area contributed by atoms with Crippen molar-refractivity contribution in [2.45, 2.75) is 36.3 Å². The molecule has 0 saturated carbocycles. The topological polar surface area (TPSA) is 104 Å². The molecule has 1 N–H and O–H groups in total. The molecule has 3 aromatic rings. The molecule has 0 spiro atoms. The number of anilines is 2. The Morgan fingerprint density at radius 3 is 2.39 bits per heavy atom. The van der Waals surface area contributed by atoms with E-state index in [1.807, 2.05) is 12.1 Å². The van der Waals surface area contributed by atoms with Crippen molar-refractivity contribution in [1.82, 2.24) is 4.90 Å². The Morgan fingerprint density at radius 2 is 1.71 bits per heavy atom. The fourth-order valence-electron chi connectivity index (χ4n) is 5.14. The molecule has 0 radical (unpaired) electrons. The molecule has 2 aliphatic rings. The molecule has 2 amide bonds. The Kier molecular flexibility index (Phi) is 9.15. The predicted octanol–water partition coefficient (Wildman–Crippen LogP) is 5.27. The second-order valence-electron chi connectivity index (χ2n) is 10.2. The quantitative estimate of drug-likeness (QED) is 0.303. The third-order valence-electron chi connectivity index (χ3n) is 7.21. The first-order valence-corrected chi connectivity index (χ1v) is 16.6. The number of benzene rings is 2. The summed E-state index contributed by atoms with van der Waals surface area (Å²) in [4.78, 5) is 42.4. The van der Waals surface area contributed by atoms with Crippen LogP contribution < -0.4 is 10.2 Å². The van der Waals surface area contributed by atoms with E-state index in [2.05, 4.69) is 10.2 Å². The number of ketones is 1. The first-order valence-electron chi connectivity index (χ1n) is 13.4. The lowest BCUT2D eigenvalue weighted by atomic mass is 9.97. The first kappa shape index (κ1) is 29.7. The molecule has 1 fully saturated rings. The van der Waals surface area contributed by atoms with Crippen molar-refractivity contribution in [2.24, 2.45) is 0 Å². The van der Waals surface area contributed by atoms with Gasteiger partial charge in [0.2, 0.25) is 5.91 Å². The zero-order chi connectivity index (χ0) is 29.1. The number of fused-ring (bicyclic) bond motifs is 1. The van der Waals surface area contributed by atoms with E-state index in [0.29, 0.717) is 22.4 Å². The van der Waals surface area contributed by atoms with Gasteiger partial charge in [0.1, 0.15) is 14.3 Å². The van der Waals surface area contributed by atoms with E-state index in [1.165, 1.54) is 25.3 Å². The average molecular weight is 635 g/mol. The van der Waals surface area contributed by atoms with Crippen LogP contribution in [-0.4, -0.2) is 62.8 Å². The molecule has 8 nitrogen and oxygen atoms in total. The van der Waals surface area contributed by atoms with Crippen LogP contribution >= 0.6 is 34.5 Å². The Labute approximate surface area is 253 Å². The van der Waals surface area contributed by atoms with Crippen LogP contribution in [0.1, 0.15) is 40.7 Å². The molecule has 5 rings (SSSR count). The van der Waals surface area contributed by atoms with Crippen LogP contribution in [0.4, 0.5) is 11.4 Å². The maximum atomic E-state index is 13.3. The van der Waals surface area contributed by atoms with Gasteiger partial charge in [-0.15, -0.1) is 11.3 Å². The number of Topliss-reactive ketones (excluding diaryl/α,β-unsaturated/α-hetero) is 1. The number of sulfone groups is 1. The number of halogens is 2. The SMILES string of the molecule is O=C(Cc1ccc(N2C(=O)Cc3cc(NCCN4CCCCC4)ccc3C2=O)cc1)CS(=O)(=O)c1cc(Cl)c(Cl)s1. The van der Waals surface area contributed by atoms with Crippen LogP contribution in [0, 0.1) is 0 Å². The number of hydrogen-bond acceptors (Lipinski definition) is 8. The highest BCUT2D eigenvalue weighted by Gasteiger charge is 2.32. The predicted molar refractivity (Wildman–Crippen MR) is 162 cm³/mol. The van der Waals surface area contributed by atoms with Gasteiger partial charge < -0.3 is 10.2 Å². The van der Waals surface area contributed by atoms with E-state index >= 15 is 0 Å². The van der Waals surface area contributed by atoms with Crippen molar-refractivity contribution in [3.05, 3.63) is 74.6 Å². The molecule has 0 atom stereocenters. The van der Waals surface area contributed by atoms with Crippen LogP contribution in [-0.2, 0) is 32.3 Å². The molecular weight excluding hydrogens is 605 g/mol. The summed E-state index contributed by atoms with van der Waals surface area (Å²) in [6, 6.07) is 13.1. The Morgan fingerprint density at radius 1 is 0.976 bits per heavy atom. The van der Waals surface area contributed by atoms with E-state index in [1.54, 1.807) is 30.3 Å². The summed E-state index contributed by atoms with van der Waals surface area (Å²) in [6.07, 6.45) is 3.76. The smallest absolute Gasteiger partial charge is 0.265 e. The molecule has 2 aromatic carbocycles. The minimum atomic E-state index is -3.87. The van der Waals surface area contributed by atoms with E-state index < -0.39 is 27.3 Å². The number of carbonyl (C=O) groups excluding carboxylic acids is 3. The summed E-state index contributed by atoms with van der Waals surface area (Å²) in [5.41, 5.74) is 3.01. The van der Waals surface area contributed by atoms with Gasteiger partial charge in [0.25, 0.3) is 5.91 Å². The van der Waals surface area contributed by atoms with Gasteiger partial charge in [-0.25, -0.2) is 13.3 Å². The monoisotopic (exact) mass is 633 g/mol. The molecule has 12 heteroatoms. The summed E-state index contributed by atoms with van der Waals surface area (Å²) in [6.45, 7) is 4.01. The first-order chi connectivity index (χ1) is 19.6. The Bertz CT molecular complexity index is 1560. The highest BCUT2D eigenvalue weighted by Crippen LogP contribution is 2.35. The molecule has 0 bridgehead atoms. The largest absolute Gasteiger partial charge is 0.384 e. The lowest BCUT2D eigenvalue weighted by molar-refractivity contribution is -0.118. The van der Waals surface area contributed by atoms with E-state index in [-0.39, 0.29) is 32.3 Å². The second kappa shape index (κ2) is 12.6. The van der Waals surface area contributed by atoms with Gasteiger partial charge in [-0.2, -0.15) is 0 Å². The summed E-state index contributed by atoms with van der Waals surface area (Å²) in [5, 5.41) is 3.54. The summed E-state index contributed by atoms with van der Waals surface area (Å²) >= 11 is 12.5. The molecule has 2 aliphatic heterocycles. The summed E-state index contributed by atoms with van der Waals surface area (Å²) in [5.74, 6) is -1.93. The molecule has 0 unspecified atom stereocenters. The van der Waals surface area contributed by atoms with E-state index in [9.17, 15) is 22.8 Å². The van der Waals surface area contributed by atoms with Crippen LogP contribution in [0.25, 0.3) is 0 Å². The Hall–Kier alpha value is -2.76. The van der Waals surface area contributed by atoms with Gasteiger partial charge in [-0.1, -0.05) is 41.8 Å². The fourth-order valence-corrected chi connectivity index (χ4v) is 8.35. The van der Waals surface area contributed by atoms with Gasteiger partial charge in [-0.05, 0) is 73.5 Å². The average Bonchev–Trinajstić information content (AvgIpc) is 3.28. The number of nitrogens with one attached hydrogen (secondary N) is 1. The van der Waals surface area contributed by atoms with Gasteiger partial charge in [0, 0.05) is 30.8 Å². The minimum absolute atomic E-state index is 0.0565. The molecule has 1 aromatic heterocycles. The highest BCUT2D eigenvalue weighted by atomic mass is 35.5. The number of thiophene rings is 1. The van der Waals surface area contributed by atoms with E-state index in [4.69, 9.17) is 23.2 Å². The zero-order valence-corrected chi connectivity index (χ0v) is 25.3. The number of rotatable bonds is 10. The van der Waals surface area contributed by atoms with Crippen LogP contribution in [0.5, 0.6) is 0 Å². The number of piperidine rings is 1. The lowest BCUT2D eigenvalue weighted by Crippen LogP contribution is -2.42. The summed E-state index contributed by atoms with van der Waals surface area (Å²) < 4.78 is 25.2. The third kappa shape index (κ3) is 7.01. The standard InChI is InChI=1S/C29H29Cl2N3O5S2/c30-25-17-27(40-28(25)31)41(38,39)18-23(35)14-19-4-7-22(8-5-19)34-26(36)16-20-15-21(6-9-24(20)29(34)37)32-10-13-33-11-2-1-3-12-33/h4-9,15,17,32H,1-3,10-14,16,18H2. The van der Waals surface area contributed by atoms with Gasteiger partial charge in [0.05, 0.1) is 17.1 Å². The fraction of sp³-hybridized carbons (Fsp3) is 0.345. The molecule has 1 saturated heterocycles. The van der Waals surface area contributed by atoms with Crippen molar-refractivity contribution in [2.75, 3.05) is 42.1 Å². The van der Waals surface area contributed by atoms with Crippen molar-refractivity contribution < 1.29 is 22.8 Å².